The summed E-state index contributed by atoms with van der Waals surface area (Å²) in [6.07, 6.45) is 0.810. The summed E-state index contributed by atoms with van der Waals surface area (Å²) in [5, 5.41) is 2.99. The van der Waals surface area contributed by atoms with Crippen molar-refractivity contribution in [2.75, 3.05) is 17.2 Å². The maximum Gasteiger partial charge on any atom is 0.273 e. The summed E-state index contributed by atoms with van der Waals surface area (Å²) in [5.74, 6) is -1.15. The number of hydrogen-bond acceptors (Lipinski definition) is 7. The number of benzene rings is 2. The van der Waals surface area contributed by atoms with E-state index in [1.54, 1.807) is 36.4 Å². The van der Waals surface area contributed by atoms with Crippen molar-refractivity contribution in [3.63, 3.8) is 0 Å². The number of ether oxygens (including phenoxy) is 1. The second kappa shape index (κ2) is 11.4. The fraction of sp³-hybridized carbons (Fsp3) is 0.333. The van der Waals surface area contributed by atoms with Crippen LogP contribution in [0.15, 0.2) is 48.5 Å². The quantitative estimate of drug-likeness (QED) is 0.386. The van der Waals surface area contributed by atoms with E-state index in [2.05, 4.69) is 9.69 Å². The van der Waals surface area contributed by atoms with Gasteiger partial charge in [0.15, 0.2) is 5.69 Å². The van der Waals surface area contributed by atoms with Crippen molar-refractivity contribution in [1.29, 1.82) is 0 Å². The Bertz CT molecular complexity index is 1260. The number of hydrogen-bond donors (Lipinski definition) is 3. The minimum absolute atomic E-state index is 0.0212. The van der Waals surface area contributed by atoms with Gasteiger partial charge in [-0.1, -0.05) is 31.2 Å². The maximum atomic E-state index is 14.1. The number of anilines is 2. The van der Waals surface area contributed by atoms with Crippen molar-refractivity contribution in [2.24, 2.45) is 5.73 Å². The molecule has 0 aliphatic heterocycles. The van der Waals surface area contributed by atoms with Gasteiger partial charge in [0.1, 0.15) is 16.7 Å². The van der Waals surface area contributed by atoms with E-state index in [1.165, 1.54) is 4.90 Å². The second-order valence-corrected chi connectivity index (χ2v) is 10.3. The first kappa shape index (κ1) is 27.7. The molecule has 0 unspecified atom stereocenters. The number of nitrogens with one attached hydrogen (secondary N) is 1. The molecule has 10 heteroatoms. The highest BCUT2D eigenvalue weighted by atomic mass is 32.1. The minimum atomic E-state index is -1.06. The molecule has 0 spiro atoms. The van der Waals surface area contributed by atoms with Crippen LogP contribution in [0.25, 0.3) is 0 Å². The van der Waals surface area contributed by atoms with Crippen LogP contribution in [0.3, 0.4) is 0 Å². The van der Waals surface area contributed by atoms with E-state index in [0.29, 0.717) is 23.6 Å². The second-order valence-electron chi connectivity index (χ2n) is 9.48. The van der Waals surface area contributed by atoms with Gasteiger partial charge in [-0.05, 0) is 81.0 Å². The van der Waals surface area contributed by atoms with Crippen molar-refractivity contribution < 1.29 is 19.1 Å². The van der Waals surface area contributed by atoms with Gasteiger partial charge in [-0.25, -0.2) is 0 Å². The van der Waals surface area contributed by atoms with Crippen LogP contribution in [-0.4, -0.2) is 34.2 Å². The number of amides is 3. The number of aromatic nitrogens is 1. The molecule has 1 aromatic heterocycles. The molecule has 0 saturated carbocycles. The van der Waals surface area contributed by atoms with Crippen molar-refractivity contribution >= 4 is 40.6 Å². The van der Waals surface area contributed by atoms with Gasteiger partial charge in [-0.15, -0.1) is 0 Å². The highest BCUT2D eigenvalue weighted by Gasteiger charge is 2.37. The Labute approximate surface area is 221 Å². The molecule has 0 saturated heterocycles. The van der Waals surface area contributed by atoms with Crippen LogP contribution < -0.4 is 26.4 Å². The molecule has 1 atom stereocenters. The first-order valence-electron chi connectivity index (χ1n) is 12.0. The average Bonchev–Trinajstić information content (AvgIpc) is 3.23. The number of carbonyl (C=O) groups excluding carboxylic acids is 3. The van der Waals surface area contributed by atoms with Crippen LogP contribution in [0, 0.1) is 0 Å². The summed E-state index contributed by atoms with van der Waals surface area (Å²) in [4.78, 5) is 41.0. The van der Waals surface area contributed by atoms with Crippen molar-refractivity contribution in [3.05, 3.63) is 70.2 Å². The smallest absolute Gasteiger partial charge is 0.273 e. The van der Waals surface area contributed by atoms with Crippen LogP contribution in [-0.2, 0) is 11.2 Å². The monoisotopic (exact) mass is 523 g/mol. The lowest BCUT2D eigenvalue weighted by molar-refractivity contribution is -0.123. The molecule has 5 N–H and O–H groups in total. The van der Waals surface area contributed by atoms with E-state index in [-0.39, 0.29) is 22.2 Å². The molecule has 0 fully saturated rings. The third kappa shape index (κ3) is 6.45. The van der Waals surface area contributed by atoms with Gasteiger partial charge in [0.05, 0.1) is 12.3 Å². The maximum absolute atomic E-state index is 14.1. The van der Waals surface area contributed by atoms with E-state index < -0.39 is 23.4 Å². The molecule has 3 rings (SSSR count). The summed E-state index contributed by atoms with van der Waals surface area (Å²) in [6.45, 7) is 10.00. The Kier molecular flexibility index (Phi) is 8.54. The molecular weight excluding hydrogens is 490 g/mol. The Balaban J connectivity index is 2.21. The van der Waals surface area contributed by atoms with Crippen molar-refractivity contribution in [3.8, 4) is 5.75 Å². The highest BCUT2D eigenvalue weighted by molar-refractivity contribution is 7.09. The fourth-order valence-corrected chi connectivity index (χ4v) is 4.53. The number of aryl methyl sites for hydroxylation is 1. The number of nitrogen functional groups attached to an aromatic ring is 1. The summed E-state index contributed by atoms with van der Waals surface area (Å²) in [7, 11) is 0. The molecule has 3 amide bonds. The van der Waals surface area contributed by atoms with E-state index in [9.17, 15) is 14.4 Å². The Morgan fingerprint density at radius 2 is 1.68 bits per heavy atom. The normalized spacial score (nSPS) is 12.0. The third-order valence-electron chi connectivity index (χ3n) is 5.51. The number of primary amides is 1. The molecule has 9 nitrogen and oxygen atoms in total. The Morgan fingerprint density at radius 1 is 1.05 bits per heavy atom. The molecule has 196 valence electrons. The first-order valence-corrected chi connectivity index (χ1v) is 12.8. The van der Waals surface area contributed by atoms with E-state index in [1.807, 2.05) is 46.8 Å². The van der Waals surface area contributed by atoms with Crippen LogP contribution in [0.4, 0.5) is 11.4 Å². The Hall–Kier alpha value is -3.92. The lowest BCUT2D eigenvalue weighted by atomic mass is 10.00. The lowest BCUT2D eigenvalue weighted by Gasteiger charge is -2.33. The SMILES string of the molecule is CCOc1ccc([C@H](C(=O)NC(C)(C)C)N(C(=O)c2snc(C(N)=O)c2N)c2ccc(CC)cc2)cc1. The standard InChI is InChI=1S/C27H33N5O4S/c1-6-16-8-12-18(13-9-16)32(26(35)23-20(28)21(24(29)33)31-37-23)22(25(34)30-27(3,4)5)17-10-14-19(15-11-17)36-7-2/h8-15,22H,6-7,28H2,1-5H3,(H2,29,33)(H,30,34)/t22-/m1/s1. The highest BCUT2D eigenvalue weighted by Crippen LogP contribution is 2.34. The zero-order valence-corrected chi connectivity index (χ0v) is 22.5. The van der Waals surface area contributed by atoms with Gasteiger partial charge in [-0.2, -0.15) is 4.37 Å². The van der Waals surface area contributed by atoms with Crippen LogP contribution in [0.5, 0.6) is 5.75 Å². The predicted octanol–water partition coefficient (Wildman–Crippen LogP) is 4.09. The molecule has 0 bridgehead atoms. The molecule has 0 aliphatic carbocycles. The third-order valence-corrected chi connectivity index (χ3v) is 6.36. The van der Waals surface area contributed by atoms with Crippen LogP contribution in [0.1, 0.15) is 71.9 Å². The number of nitrogens with zero attached hydrogens (tertiary/aromatic N) is 2. The van der Waals surface area contributed by atoms with Gasteiger partial charge >= 0.3 is 0 Å². The zero-order valence-electron chi connectivity index (χ0n) is 21.7. The molecule has 0 aliphatic rings. The van der Waals surface area contributed by atoms with Gasteiger partial charge < -0.3 is 21.5 Å². The van der Waals surface area contributed by atoms with Crippen LogP contribution in [0.2, 0.25) is 0 Å². The first-order chi connectivity index (χ1) is 17.5. The summed E-state index contributed by atoms with van der Waals surface area (Å²) < 4.78 is 9.55. The zero-order chi connectivity index (χ0) is 27.3. The topological polar surface area (TPSA) is 141 Å². The minimum Gasteiger partial charge on any atom is -0.494 e. The van der Waals surface area contributed by atoms with E-state index in [0.717, 1.165) is 23.5 Å². The number of rotatable bonds is 9. The lowest BCUT2D eigenvalue weighted by Crippen LogP contribution is -2.49. The summed E-state index contributed by atoms with van der Waals surface area (Å²) >= 11 is 0.771. The van der Waals surface area contributed by atoms with E-state index >= 15 is 0 Å². The van der Waals surface area contributed by atoms with E-state index in [4.69, 9.17) is 16.2 Å². The Morgan fingerprint density at radius 3 is 2.16 bits per heavy atom. The predicted molar refractivity (Wildman–Crippen MR) is 146 cm³/mol. The summed E-state index contributed by atoms with van der Waals surface area (Å²) in [5.41, 5.74) is 12.8. The van der Waals surface area contributed by atoms with Gasteiger partial charge in [-0.3, -0.25) is 19.3 Å². The number of nitrogens with two attached hydrogens (primary N) is 2. The average molecular weight is 524 g/mol. The van der Waals surface area contributed by atoms with Crippen LogP contribution >= 0.6 is 11.5 Å². The van der Waals surface area contributed by atoms with Gasteiger partial charge in [0.2, 0.25) is 5.91 Å². The molecule has 1 heterocycles. The summed E-state index contributed by atoms with van der Waals surface area (Å²) in [6, 6.07) is 13.3. The van der Waals surface area contributed by atoms with Gasteiger partial charge in [0, 0.05) is 11.2 Å². The molecule has 0 radical (unpaired) electrons. The van der Waals surface area contributed by atoms with Crippen molar-refractivity contribution in [2.45, 2.75) is 52.6 Å². The molecule has 37 heavy (non-hydrogen) atoms. The fourth-order valence-electron chi connectivity index (χ4n) is 3.78. The molecule has 3 aromatic rings. The largest absolute Gasteiger partial charge is 0.494 e. The molecular formula is C27H33N5O4S. The van der Waals surface area contributed by atoms with Crippen molar-refractivity contribution in [1.82, 2.24) is 9.69 Å². The van der Waals surface area contributed by atoms with Gasteiger partial charge in [0.25, 0.3) is 11.8 Å². The number of carbonyl (C=O) groups is 3. The molecule has 2 aromatic carbocycles.